The molecule has 2 bridgehead atoms. The molecule has 7 nitrogen and oxygen atoms in total. The lowest BCUT2D eigenvalue weighted by Gasteiger charge is -2.61. The number of aliphatic hydroxyl groups is 1. The summed E-state index contributed by atoms with van der Waals surface area (Å²) in [6, 6.07) is 0. The molecule has 5 aliphatic rings. The van der Waals surface area contributed by atoms with Crippen LogP contribution in [0.2, 0.25) is 0 Å². The van der Waals surface area contributed by atoms with E-state index in [0.717, 1.165) is 12.8 Å². The van der Waals surface area contributed by atoms with Gasteiger partial charge in [0.25, 0.3) is 0 Å². The molecule has 7 heteroatoms. The summed E-state index contributed by atoms with van der Waals surface area (Å²) >= 11 is 0. The molecule has 1 aliphatic heterocycles. The minimum Gasteiger partial charge on any atom is -0.481 e. The van der Waals surface area contributed by atoms with Crippen LogP contribution in [0.25, 0.3) is 0 Å². The largest absolute Gasteiger partial charge is 0.481 e. The Balaban J connectivity index is 1.53. The summed E-state index contributed by atoms with van der Waals surface area (Å²) in [5.74, 6) is -1.91. The zero-order valence-electron chi connectivity index (χ0n) is 17.1. The zero-order chi connectivity index (χ0) is 20.8. The number of hydrogen-bond donors (Lipinski definition) is 2. The number of hydrogen-bond acceptors (Lipinski definition) is 6. The van der Waals surface area contributed by atoms with Gasteiger partial charge >= 0.3 is 17.9 Å². The molecule has 0 amide bonds. The van der Waals surface area contributed by atoms with Crippen molar-refractivity contribution in [1.82, 2.24) is 0 Å². The van der Waals surface area contributed by atoms with Gasteiger partial charge in [0.1, 0.15) is 17.1 Å². The van der Waals surface area contributed by atoms with Gasteiger partial charge in [-0.2, -0.15) is 0 Å². The number of fused-ring (bicyclic) bond motifs is 1. The van der Waals surface area contributed by atoms with Crippen LogP contribution >= 0.6 is 0 Å². The lowest BCUT2D eigenvalue weighted by atomic mass is 9.42. The monoisotopic (exact) mass is 406 g/mol. The smallest absolute Gasteiger partial charge is 0.316 e. The van der Waals surface area contributed by atoms with Crippen molar-refractivity contribution in [3.05, 3.63) is 0 Å². The van der Waals surface area contributed by atoms with Crippen LogP contribution < -0.4 is 0 Å². The highest BCUT2D eigenvalue weighted by Crippen LogP contribution is 2.74. The van der Waals surface area contributed by atoms with Gasteiger partial charge in [-0.05, 0) is 56.8 Å². The minimum atomic E-state index is -1.23. The lowest BCUT2D eigenvalue weighted by molar-refractivity contribution is -0.219. The Morgan fingerprint density at radius 3 is 2.52 bits per heavy atom. The Morgan fingerprint density at radius 2 is 1.83 bits per heavy atom. The van der Waals surface area contributed by atoms with Crippen molar-refractivity contribution < 1.29 is 34.1 Å². The molecule has 1 heterocycles. The van der Waals surface area contributed by atoms with Crippen molar-refractivity contribution in [3.63, 3.8) is 0 Å². The zero-order valence-corrected chi connectivity index (χ0v) is 17.1. The Kier molecular flexibility index (Phi) is 3.83. The van der Waals surface area contributed by atoms with Crippen molar-refractivity contribution >= 4 is 17.9 Å². The molecule has 5 fully saturated rings. The average Bonchev–Trinajstić information content (AvgIpc) is 3.07. The Morgan fingerprint density at radius 1 is 1.07 bits per heavy atom. The molecule has 160 valence electrons. The second-order valence-electron chi connectivity index (χ2n) is 10.4. The maximum atomic E-state index is 13.4. The summed E-state index contributed by atoms with van der Waals surface area (Å²) < 4.78 is 11.6. The third-order valence-electron chi connectivity index (χ3n) is 9.55. The number of ether oxygens (including phenoxy) is 2. The SMILES string of the molecule is CC(=O)O[C@@H]1CC[C@]23C(=O)O[C@]4(CC[C@@]2(O)C1)[C@H]3CC[C@]1(C)[C@H](C(=O)O)CC[C@@H]14. The van der Waals surface area contributed by atoms with E-state index < -0.39 is 28.5 Å². The van der Waals surface area contributed by atoms with Gasteiger partial charge in [-0.1, -0.05) is 6.92 Å². The summed E-state index contributed by atoms with van der Waals surface area (Å²) in [7, 11) is 0. The average molecular weight is 406 g/mol. The van der Waals surface area contributed by atoms with Gasteiger partial charge in [0.15, 0.2) is 0 Å². The second kappa shape index (κ2) is 5.74. The van der Waals surface area contributed by atoms with E-state index in [1.807, 2.05) is 0 Å². The molecule has 0 aromatic heterocycles. The number of carbonyl (C=O) groups excluding carboxylic acids is 2. The third kappa shape index (κ3) is 2.15. The van der Waals surface area contributed by atoms with Crippen LogP contribution in [0.5, 0.6) is 0 Å². The van der Waals surface area contributed by atoms with Crippen LogP contribution in [0.1, 0.15) is 71.6 Å². The van der Waals surface area contributed by atoms with Crippen molar-refractivity contribution in [1.29, 1.82) is 0 Å². The molecular weight excluding hydrogens is 376 g/mol. The first-order valence-corrected chi connectivity index (χ1v) is 10.9. The van der Waals surface area contributed by atoms with E-state index >= 15 is 0 Å². The molecule has 0 unspecified atom stereocenters. The highest BCUT2D eigenvalue weighted by atomic mass is 16.6. The molecule has 0 aromatic carbocycles. The fraction of sp³-hybridized carbons (Fsp3) is 0.864. The summed E-state index contributed by atoms with van der Waals surface area (Å²) in [6.45, 7) is 3.43. The van der Waals surface area contributed by atoms with Crippen LogP contribution in [0.15, 0.2) is 0 Å². The van der Waals surface area contributed by atoms with Gasteiger partial charge in [0, 0.05) is 25.2 Å². The number of carbonyl (C=O) groups is 3. The predicted octanol–water partition coefficient (Wildman–Crippen LogP) is 2.44. The molecule has 4 aliphatic carbocycles. The van der Waals surface area contributed by atoms with Crippen LogP contribution in [-0.4, -0.2) is 45.4 Å². The molecule has 5 rings (SSSR count). The molecule has 2 N–H and O–H groups in total. The quantitative estimate of drug-likeness (QED) is 0.678. The van der Waals surface area contributed by atoms with Gasteiger partial charge in [-0.15, -0.1) is 0 Å². The van der Waals surface area contributed by atoms with Gasteiger partial charge in [-0.25, -0.2) is 0 Å². The van der Waals surface area contributed by atoms with E-state index in [9.17, 15) is 24.6 Å². The summed E-state index contributed by atoms with van der Waals surface area (Å²) in [6.07, 6.45) is 4.69. The van der Waals surface area contributed by atoms with Crippen LogP contribution in [-0.2, 0) is 23.9 Å². The number of carboxylic acids is 1. The van der Waals surface area contributed by atoms with E-state index in [1.54, 1.807) is 0 Å². The van der Waals surface area contributed by atoms with E-state index in [-0.39, 0.29) is 41.7 Å². The first-order valence-electron chi connectivity index (χ1n) is 10.9. The maximum Gasteiger partial charge on any atom is 0.316 e. The number of aliphatic carboxylic acids is 1. The van der Waals surface area contributed by atoms with Gasteiger partial charge < -0.3 is 19.7 Å². The van der Waals surface area contributed by atoms with Crippen LogP contribution in [0.3, 0.4) is 0 Å². The fourth-order valence-electron chi connectivity index (χ4n) is 8.48. The molecule has 4 saturated carbocycles. The molecule has 0 radical (unpaired) electrons. The third-order valence-corrected chi connectivity index (χ3v) is 9.55. The molecule has 0 aromatic rings. The predicted molar refractivity (Wildman–Crippen MR) is 99.5 cm³/mol. The summed E-state index contributed by atoms with van der Waals surface area (Å²) in [5.41, 5.74) is -3.22. The molecular formula is C22H30O7. The Hall–Kier alpha value is -1.63. The highest BCUT2D eigenvalue weighted by molar-refractivity contribution is 5.83. The van der Waals surface area contributed by atoms with Crippen LogP contribution in [0.4, 0.5) is 0 Å². The van der Waals surface area contributed by atoms with Crippen LogP contribution in [0, 0.1) is 28.6 Å². The van der Waals surface area contributed by atoms with Gasteiger partial charge in [-0.3, -0.25) is 14.4 Å². The second-order valence-corrected chi connectivity index (χ2v) is 10.4. The lowest BCUT2D eigenvalue weighted by Crippen LogP contribution is -2.67. The number of esters is 2. The number of carboxylic acid groups (broad SMARTS) is 1. The van der Waals surface area contributed by atoms with Crippen molar-refractivity contribution in [2.45, 2.75) is 88.9 Å². The van der Waals surface area contributed by atoms with Gasteiger partial charge in [0.05, 0.1) is 11.5 Å². The van der Waals surface area contributed by atoms with E-state index in [4.69, 9.17) is 9.47 Å². The van der Waals surface area contributed by atoms with Crippen molar-refractivity contribution in [2.24, 2.45) is 28.6 Å². The Bertz CT molecular complexity index is 794. The standard InChI is InChI=1S/C22H30O7/c1-12(23)28-13-5-8-21-16-6-7-19(2)14(17(24)25)3-4-15(19)22(16,29-18(21)26)10-9-20(21,27)11-13/h13-16,27H,3-11H2,1-2H3,(H,24,25)/t13-,14+,15+,16+,19-,20-,21+,22+/m1/s1. The minimum absolute atomic E-state index is 0.0221. The molecule has 1 spiro atoms. The van der Waals surface area contributed by atoms with Crippen molar-refractivity contribution in [2.75, 3.05) is 0 Å². The van der Waals surface area contributed by atoms with E-state index in [1.165, 1.54) is 6.92 Å². The first kappa shape index (κ1) is 19.3. The maximum absolute atomic E-state index is 13.4. The normalized spacial score (nSPS) is 52.7. The van der Waals surface area contributed by atoms with Gasteiger partial charge in [0.2, 0.25) is 0 Å². The topological polar surface area (TPSA) is 110 Å². The fourth-order valence-corrected chi connectivity index (χ4v) is 8.48. The highest BCUT2D eigenvalue weighted by Gasteiger charge is 2.80. The summed E-state index contributed by atoms with van der Waals surface area (Å²) in [5, 5.41) is 21.5. The summed E-state index contributed by atoms with van der Waals surface area (Å²) in [4.78, 5) is 36.7. The molecule has 29 heavy (non-hydrogen) atoms. The number of rotatable bonds is 2. The van der Waals surface area contributed by atoms with E-state index in [2.05, 4.69) is 6.92 Å². The molecule has 1 saturated heterocycles. The van der Waals surface area contributed by atoms with E-state index in [0.29, 0.717) is 38.5 Å². The Labute approximate surface area is 170 Å². The first-order chi connectivity index (χ1) is 13.6. The van der Waals surface area contributed by atoms with Crippen molar-refractivity contribution in [3.8, 4) is 0 Å². The molecule has 8 atom stereocenters.